The summed E-state index contributed by atoms with van der Waals surface area (Å²) < 4.78 is 0. The molecule has 1 saturated carbocycles. The maximum atomic E-state index is 12.0. The van der Waals surface area contributed by atoms with Gasteiger partial charge in [-0.2, -0.15) is 0 Å². The predicted molar refractivity (Wildman–Crippen MR) is 83.1 cm³/mol. The van der Waals surface area contributed by atoms with E-state index in [0.29, 0.717) is 11.0 Å². The van der Waals surface area contributed by atoms with Gasteiger partial charge < -0.3 is 10.6 Å². The Morgan fingerprint density at radius 2 is 2.10 bits per heavy atom. The molecule has 2 N–H and O–H groups in total. The molecule has 1 aromatic rings. The second-order valence-electron chi connectivity index (χ2n) is 6.72. The molecule has 1 atom stereocenters. The highest BCUT2D eigenvalue weighted by molar-refractivity contribution is 5.96. The van der Waals surface area contributed by atoms with Gasteiger partial charge in [0.15, 0.2) is 0 Å². The van der Waals surface area contributed by atoms with Crippen molar-refractivity contribution in [3.63, 3.8) is 0 Å². The van der Waals surface area contributed by atoms with Gasteiger partial charge >= 0.3 is 0 Å². The van der Waals surface area contributed by atoms with E-state index in [1.165, 1.54) is 0 Å². The molecule has 1 aliphatic rings. The molecule has 1 aliphatic carbocycles. The molecule has 1 fully saturated rings. The summed E-state index contributed by atoms with van der Waals surface area (Å²) in [5.41, 5.74) is 1.92. The number of nitrogens with one attached hydrogen (secondary N) is 2. The van der Waals surface area contributed by atoms with Crippen LogP contribution in [-0.4, -0.2) is 24.4 Å². The van der Waals surface area contributed by atoms with Crippen LogP contribution in [0.5, 0.6) is 0 Å². The number of benzene rings is 1. The first-order valence-electron chi connectivity index (χ1n) is 7.50. The summed E-state index contributed by atoms with van der Waals surface area (Å²) >= 11 is 0. The molecule has 0 radical (unpaired) electrons. The van der Waals surface area contributed by atoms with Gasteiger partial charge in [-0.3, -0.25) is 9.59 Å². The lowest BCUT2D eigenvalue weighted by atomic mass is 9.92. The van der Waals surface area contributed by atoms with Crippen LogP contribution in [-0.2, 0) is 4.79 Å². The molecule has 0 spiro atoms. The van der Waals surface area contributed by atoms with Crippen molar-refractivity contribution >= 4 is 11.8 Å². The summed E-state index contributed by atoms with van der Waals surface area (Å²) in [7, 11) is 0. The van der Waals surface area contributed by atoms with Crippen LogP contribution in [0.2, 0.25) is 0 Å². The van der Waals surface area contributed by atoms with Crippen molar-refractivity contribution < 1.29 is 9.59 Å². The summed E-state index contributed by atoms with van der Waals surface area (Å²) in [6.07, 6.45) is 3.16. The quantitative estimate of drug-likeness (QED) is 0.894. The van der Waals surface area contributed by atoms with Gasteiger partial charge in [-0.1, -0.05) is 31.5 Å². The van der Waals surface area contributed by atoms with E-state index in [2.05, 4.69) is 24.5 Å². The molecule has 4 heteroatoms. The number of rotatable bonds is 4. The molecule has 0 aliphatic heterocycles. The molecule has 2 rings (SSSR count). The summed E-state index contributed by atoms with van der Waals surface area (Å²) in [5, 5.41) is 5.67. The highest BCUT2D eigenvalue weighted by Crippen LogP contribution is 2.36. The average molecular weight is 288 g/mol. The first-order valence-corrected chi connectivity index (χ1v) is 7.50. The van der Waals surface area contributed by atoms with Gasteiger partial charge in [-0.25, -0.2) is 0 Å². The maximum absolute atomic E-state index is 12.0. The summed E-state index contributed by atoms with van der Waals surface area (Å²) in [5.74, 6) is -0.320. The van der Waals surface area contributed by atoms with Crippen LogP contribution in [0.15, 0.2) is 24.3 Å². The molecular weight excluding hydrogens is 264 g/mol. The minimum atomic E-state index is -0.208. The lowest BCUT2D eigenvalue weighted by Gasteiger charge is -2.18. The van der Waals surface area contributed by atoms with E-state index in [1.54, 1.807) is 6.07 Å². The van der Waals surface area contributed by atoms with E-state index in [4.69, 9.17) is 0 Å². The highest BCUT2D eigenvalue weighted by Gasteiger charge is 2.31. The molecule has 0 bridgehead atoms. The van der Waals surface area contributed by atoms with Crippen LogP contribution in [0.1, 0.15) is 49.0 Å². The molecule has 0 saturated heterocycles. The Labute approximate surface area is 126 Å². The fourth-order valence-electron chi connectivity index (χ4n) is 2.89. The van der Waals surface area contributed by atoms with Gasteiger partial charge in [-0.15, -0.1) is 0 Å². The first-order chi connectivity index (χ1) is 9.85. The van der Waals surface area contributed by atoms with Crippen molar-refractivity contribution in [2.75, 3.05) is 6.54 Å². The third-order valence-electron chi connectivity index (χ3n) is 4.02. The molecular formula is C17H24N2O2. The summed E-state index contributed by atoms with van der Waals surface area (Å²) in [6.45, 7) is 6.41. The van der Waals surface area contributed by atoms with Crippen molar-refractivity contribution in [1.82, 2.24) is 10.6 Å². The third-order valence-corrected chi connectivity index (χ3v) is 4.02. The average Bonchev–Trinajstić information content (AvgIpc) is 2.75. The Bertz CT molecular complexity index is 537. The topological polar surface area (TPSA) is 58.2 Å². The number of aryl methyl sites for hydroxylation is 1. The standard InChI is InChI=1S/C17H24N2O2/c1-12-5-4-6-13(9-12)16(21)18-11-15(20)19-14-7-8-17(2,3)10-14/h4-6,9,14H,7-8,10-11H2,1-3H3,(H,18,21)(H,19,20). The minimum Gasteiger partial charge on any atom is -0.352 e. The number of carbonyl (C=O) groups excluding carboxylic acids is 2. The second kappa shape index (κ2) is 6.29. The van der Waals surface area contributed by atoms with Crippen molar-refractivity contribution in [3.8, 4) is 0 Å². The SMILES string of the molecule is Cc1cccc(C(=O)NCC(=O)NC2CCC(C)(C)C2)c1. The van der Waals surface area contributed by atoms with Crippen LogP contribution in [0.4, 0.5) is 0 Å². The Morgan fingerprint density at radius 3 is 2.71 bits per heavy atom. The zero-order chi connectivity index (χ0) is 15.5. The highest BCUT2D eigenvalue weighted by atomic mass is 16.2. The van der Waals surface area contributed by atoms with E-state index in [0.717, 1.165) is 24.8 Å². The number of carbonyl (C=O) groups is 2. The van der Waals surface area contributed by atoms with Gasteiger partial charge in [0.25, 0.3) is 5.91 Å². The van der Waals surface area contributed by atoms with Crippen LogP contribution < -0.4 is 10.6 Å². The fraction of sp³-hybridized carbons (Fsp3) is 0.529. The molecule has 4 nitrogen and oxygen atoms in total. The zero-order valence-electron chi connectivity index (χ0n) is 13.0. The van der Waals surface area contributed by atoms with Crippen LogP contribution in [0.3, 0.4) is 0 Å². The molecule has 114 valence electrons. The summed E-state index contributed by atoms with van der Waals surface area (Å²) in [4.78, 5) is 23.8. The first kappa shape index (κ1) is 15.5. The monoisotopic (exact) mass is 288 g/mol. The van der Waals surface area contributed by atoms with Crippen molar-refractivity contribution in [3.05, 3.63) is 35.4 Å². The summed E-state index contributed by atoms with van der Waals surface area (Å²) in [6, 6.07) is 7.58. The van der Waals surface area contributed by atoms with E-state index in [1.807, 2.05) is 25.1 Å². The molecule has 2 amide bonds. The Morgan fingerprint density at radius 1 is 1.33 bits per heavy atom. The molecule has 21 heavy (non-hydrogen) atoms. The number of amides is 2. The molecule has 0 aromatic heterocycles. The predicted octanol–water partition coefficient (Wildman–Crippen LogP) is 2.42. The van der Waals surface area contributed by atoms with Gasteiger partial charge in [0, 0.05) is 11.6 Å². The van der Waals surface area contributed by atoms with Crippen molar-refractivity contribution in [2.24, 2.45) is 5.41 Å². The maximum Gasteiger partial charge on any atom is 0.251 e. The van der Waals surface area contributed by atoms with Gasteiger partial charge in [0.1, 0.15) is 0 Å². The van der Waals surface area contributed by atoms with E-state index >= 15 is 0 Å². The van der Waals surface area contributed by atoms with E-state index in [9.17, 15) is 9.59 Å². The van der Waals surface area contributed by atoms with Crippen molar-refractivity contribution in [2.45, 2.75) is 46.1 Å². The Hall–Kier alpha value is -1.84. The Kier molecular flexibility index (Phi) is 4.66. The van der Waals surface area contributed by atoms with Gasteiger partial charge in [0.2, 0.25) is 5.91 Å². The molecule has 1 unspecified atom stereocenters. The lowest BCUT2D eigenvalue weighted by Crippen LogP contribution is -2.41. The lowest BCUT2D eigenvalue weighted by molar-refractivity contribution is -0.120. The fourth-order valence-corrected chi connectivity index (χ4v) is 2.89. The number of hydrogen-bond acceptors (Lipinski definition) is 2. The second-order valence-corrected chi connectivity index (χ2v) is 6.72. The third kappa shape index (κ3) is 4.59. The number of hydrogen-bond donors (Lipinski definition) is 2. The molecule has 1 aromatic carbocycles. The van der Waals surface area contributed by atoms with E-state index in [-0.39, 0.29) is 24.4 Å². The van der Waals surface area contributed by atoms with Crippen LogP contribution in [0.25, 0.3) is 0 Å². The van der Waals surface area contributed by atoms with Gasteiger partial charge in [0.05, 0.1) is 6.54 Å². The van der Waals surface area contributed by atoms with Crippen LogP contribution in [0, 0.1) is 12.3 Å². The van der Waals surface area contributed by atoms with Crippen LogP contribution >= 0.6 is 0 Å². The largest absolute Gasteiger partial charge is 0.352 e. The smallest absolute Gasteiger partial charge is 0.251 e. The van der Waals surface area contributed by atoms with E-state index < -0.39 is 0 Å². The molecule has 0 heterocycles. The zero-order valence-corrected chi connectivity index (χ0v) is 13.0. The minimum absolute atomic E-state index is 0.0315. The van der Waals surface area contributed by atoms with Gasteiger partial charge in [-0.05, 0) is 43.7 Å². The van der Waals surface area contributed by atoms with Crippen molar-refractivity contribution in [1.29, 1.82) is 0 Å². The normalized spacial score (nSPS) is 20.0. The Balaban J connectivity index is 1.78.